The Balaban J connectivity index is 2.85. The molecule has 50 valence electrons. The third-order valence-corrected chi connectivity index (χ3v) is 2.98. The van der Waals surface area contributed by atoms with E-state index in [-0.39, 0.29) is 4.95 Å². The molecular formula is C5H5BrClNS. The van der Waals surface area contributed by atoms with E-state index in [4.69, 9.17) is 17.3 Å². The summed E-state index contributed by atoms with van der Waals surface area (Å²) in [7, 11) is 0. The molecule has 4 heteroatoms. The van der Waals surface area contributed by atoms with Gasteiger partial charge in [-0.25, -0.2) is 0 Å². The van der Waals surface area contributed by atoms with Crippen molar-refractivity contribution in [2.24, 2.45) is 5.73 Å². The minimum Gasteiger partial charge on any atom is -0.314 e. The van der Waals surface area contributed by atoms with Crippen LogP contribution in [0.5, 0.6) is 0 Å². The van der Waals surface area contributed by atoms with Crippen molar-refractivity contribution in [2.45, 2.75) is 4.95 Å². The van der Waals surface area contributed by atoms with Crippen molar-refractivity contribution in [1.29, 1.82) is 0 Å². The standard InChI is InChI=1S/C5H5BrClNS/c6-5(8)3-1-2-4(7)9-3/h1-2,5H,8H2. The summed E-state index contributed by atoms with van der Waals surface area (Å²) in [6.07, 6.45) is 0. The summed E-state index contributed by atoms with van der Waals surface area (Å²) >= 11 is 10.4. The van der Waals surface area contributed by atoms with E-state index < -0.39 is 0 Å². The van der Waals surface area contributed by atoms with Crippen molar-refractivity contribution < 1.29 is 0 Å². The largest absolute Gasteiger partial charge is 0.314 e. The van der Waals surface area contributed by atoms with Gasteiger partial charge < -0.3 is 5.73 Å². The van der Waals surface area contributed by atoms with Crippen LogP contribution in [0, 0.1) is 0 Å². The molecule has 0 saturated carbocycles. The molecule has 0 aliphatic rings. The van der Waals surface area contributed by atoms with Crippen LogP contribution in [0.25, 0.3) is 0 Å². The molecule has 0 fully saturated rings. The van der Waals surface area contributed by atoms with Gasteiger partial charge in [0.25, 0.3) is 0 Å². The molecule has 1 atom stereocenters. The van der Waals surface area contributed by atoms with E-state index in [2.05, 4.69) is 15.9 Å². The number of thiophene rings is 1. The van der Waals surface area contributed by atoms with Gasteiger partial charge >= 0.3 is 0 Å². The maximum Gasteiger partial charge on any atom is 0.0955 e. The third kappa shape index (κ3) is 1.93. The van der Waals surface area contributed by atoms with Gasteiger partial charge in [0.2, 0.25) is 0 Å². The minimum atomic E-state index is -0.0741. The first-order valence-electron chi connectivity index (χ1n) is 2.35. The third-order valence-electron chi connectivity index (χ3n) is 0.866. The molecule has 9 heavy (non-hydrogen) atoms. The molecule has 0 amide bonds. The first-order valence-corrected chi connectivity index (χ1v) is 4.46. The average molecular weight is 227 g/mol. The highest BCUT2D eigenvalue weighted by atomic mass is 79.9. The maximum absolute atomic E-state index is 5.65. The first-order chi connectivity index (χ1) is 4.20. The normalized spacial score (nSPS) is 13.7. The average Bonchev–Trinajstić information content (AvgIpc) is 2.14. The van der Waals surface area contributed by atoms with Crippen LogP contribution in [0.1, 0.15) is 9.83 Å². The second kappa shape index (κ2) is 3.01. The van der Waals surface area contributed by atoms with E-state index in [1.165, 1.54) is 11.3 Å². The number of hydrogen-bond acceptors (Lipinski definition) is 2. The van der Waals surface area contributed by atoms with Gasteiger partial charge in [0.05, 0.1) is 9.29 Å². The van der Waals surface area contributed by atoms with Gasteiger partial charge in [0.15, 0.2) is 0 Å². The first kappa shape index (κ1) is 7.54. The summed E-state index contributed by atoms with van der Waals surface area (Å²) in [5, 5.41) is 0. The molecular weight excluding hydrogens is 221 g/mol. The molecule has 0 aromatic carbocycles. The van der Waals surface area contributed by atoms with Gasteiger partial charge in [0.1, 0.15) is 0 Å². The monoisotopic (exact) mass is 225 g/mol. The van der Waals surface area contributed by atoms with Crippen molar-refractivity contribution in [2.75, 3.05) is 0 Å². The lowest BCUT2D eigenvalue weighted by Crippen LogP contribution is -1.97. The zero-order chi connectivity index (χ0) is 6.85. The minimum absolute atomic E-state index is 0.0741. The van der Waals surface area contributed by atoms with Crippen LogP contribution >= 0.6 is 38.9 Å². The topological polar surface area (TPSA) is 26.0 Å². The lowest BCUT2D eigenvalue weighted by molar-refractivity contribution is 1.09. The van der Waals surface area contributed by atoms with Gasteiger partial charge in [-0.1, -0.05) is 27.5 Å². The number of alkyl halides is 1. The van der Waals surface area contributed by atoms with Gasteiger partial charge in [-0.05, 0) is 12.1 Å². The molecule has 0 aliphatic heterocycles. The van der Waals surface area contributed by atoms with Crippen molar-refractivity contribution >= 4 is 38.9 Å². The molecule has 1 aromatic heterocycles. The molecule has 0 bridgehead atoms. The highest BCUT2D eigenvalue weighted by Crippen LogP contribution is 2.28. The lowest BCUT2D eigenvalue weighted by Gasteiger charge is -1.94. The zero-order valence-electron chi connectivity index (χ0n) is 4.47. The van der Waals surface area contributed by atoms with Crippen molar-refractivity contribution in [3.63, 3.8) is 0 Å². The molecule has 1 rings (SSSR count). The van der Waals surface area contributed by atoms with Crippen LogP contribution in [0.3, 0.4) is 0 Å². The molecule has 1 unspecified atom stereocenters. The number of nitrogens with two attached hydrogens (primary N) is 1. The second-order valence-electron chi connectivity index (χ2n) is 1.54. The Hall–Kier alpha value is 0.430. The summed E-state index contributed by atoms with van der Waals surface area (Å²) in [6.45, 7) is 0. The van der Waals surface area contributed by atoms with Gasteiger partial charge in [-0.2, -0.15) is 0 Å². The summed E-state index contributed by atoms with van der Waals surface area (Å²) in [4.78, 5) is 0.981. The molecule has 1 aromatic rings. The molecule has 1 nitrogen and oxygen atoms in total. The zero-order valence-corrected chi connectivity index (χ0v) is 7.63. The van der Waals surface area contributed by atoms with Gasteiger partial charge in [0, 0.05) is 4.88 Å². The predicted octanol–water partition coefficient (Wildman–Crippen LogP) is 2.75. The van der Waals surface area contributed by atoms with Crippen LogP contribution in [0.15, 0.2) is 12.1 Å². The Morgan fingerprint density at radius 2 is 2.33 bits per heavy atom. The van der Waals surface area contributed by atoms with E-state index >= 15 is 0 Å². The fraction of sp³-hybridized carbons (Fsp3) is 0.200. The van der Waals surface area contributed by atoms with Crippen LogP contribution in [0.4, 0.5) is 0 Å². The van der Waals surface area contributed by atoms with Crippen molar-refractivity contribution in [1.82, 2.24) is 0 Å². The highest BCUT2D eigenvalue weighted by molar-refractivity contribution is 9.09. The van der Waals surface area contributed by atoms with Crippen LogP contribution < -0.4 is 5.73 Å². The van der Waals surface area contributed by atoms with E-state index in [0.717, 1.165) is 9.21 Å². The summed E-state index contributed by atoms with van der Waals surface area (Å²) in [6, 6.07) is 3.75. The Morgan fingerprint density at radius 1 is 1.67 bits per heavy atom. The Kier molecular flexibility index (Phi) is 2.52. The summed E-state index contributed by atoms with van der Waals surface area (Å²) in [5.41, 5.74) is 5.50. The highest BCUT2D eigenvalue weighted by Gasteiger charge is 2.02. The Labute approximate surface area is 70.9 Å². The number of hydrogen-bond donors (Lipinski definition) is 1. The Bertz CT molecular complexity index is 199. The van der Waals surface area contributed by atoms with E-state index in [1.54, 1.807) is 0 Å². The van der Waals surface area contributed by atoms with Gasteiger partial charge in [-0.3, -0.25) is 0 Å². The number of halogens is 2. The van der Waals surface area contributed by atoms with Crippen LogP contribution in [-0.4, -0.2) is 0 Å². The van der Waals surface area contributed by atoms with Crippen molar-refractivity contribution in [3.8, 4) is 0 Å². The summed E-state index contributed by atoms with van der Waals surface area (Å²) < 4.78 is 0.778. The molecule has 0 saturated heterocycles. The fourth-order valence-electron chi connectivity index (χ4n) is 0.476. The van der Waals surface area contributed by atoms with Crippen molar-refractivity contribution in [3.05, 3.63) is 21.3 Å². The lowest BCUT2D eigenvalue weighted by atomic mass is 10.5. The molecule has 2 N–H and O–H groups in total. The number of rotatable bonds is 1. The SMILES string of the molecule is NC(Br)c1ccc(Cl)s1. The van der Waals surface area contributed by atoms with E-state index in [9.17, 15) is 0 Å². The predicted molar refractivity (Wildman–Crippen MR) is 45.2 cm³/mol. The van der Waals surface area contributed by atoms with Crippen LogP contribution in [-0.2, 0) is 0 Å². The van der Waals surface area contributed by atoms with E-state index in [1.807, 2.05) is 12.1 Å². The smallest absolute Gasteiger partial charge is 0.0955 e. The second-order valence-corrected chi connectivity index (χ2v) is 4.28. The Morgan fingerprint density at radius 3 is 2.56 bits per heavy atom. The molecule has 0 spiro atoms. The van der Waals surface area contributed by atoms with Gasteiger partial charge in [-0.15, -0.1) is 11.3 Å². The van der Waals surface area contributed by atoms with E-state index in [0.29, 0.717) is 0 Å². The fourth-order valence-corrected chi connectivity index (χ4v) is 1.85. The van der Waals surface area contributed by atoms with Crippen LogP contribution in [0.2, 0.25) is 4.34 Å². The molecule has 0 radical (unpaired) electrons. The molecule has 0 aliphatic carbocycles. The maximum atomic E-state index is 5.65. The quantitative estimate of drug-likeness (QED) is 0.578. The molecule has 1 heterocycles. The summed E-state index contributed by atoms with van der Waals surface area (Å²) in [5.74, 6) is 0.